The molecule has 17 heavy (non-hydrogen) atoms. The van der Waals surface area contributed by atoms with E-state index in [2.05, 4.69) is 49.0 Å². The fourth-order valence-corrected chi connectivity index (χ4v) is 4.14. The first-order valence-electron chi connectivity index (χ1n) is 5.55. The first-order valence-corrected chi connectivity index (χ1v) is 7.18. The molecule has 0 bridgehead atoms. The minimum Gasteiger partial charge on any atom is -0.103 e. The van der Waals surface area contributed by atoms with E-state index >= 15 is 0 Å². The Labute approximate surface area is 110 Å². The average Bonchev–Trinajstić information content (AvgIpc) is 2.36. The van der Waals surface area contributed by atoms with Crippen molar-refractivity contribution in [3.05, 3.63) is 60.7 Å². The van der Waals surface area contributed by atoms with Gasteiger partial charge in [-0.15, -0.1) is 6.58 Å². The summed E-state index contributed by atoms with van der Waals surface area (Å²) in [7, 11) is 0. The van der Waals surface area contributed by atoms with E-state index in [4.69, 9.17) is 0 Å². The van der Waals surface area contributed by atoms with Crippen molar-refractivity contribution in [3.63, 3.8) is 0 Å². The first kappa shape index (κ1) is 11.0. The third kappa shape index (κ3) is 2.15. The molecule has 1 aliphatic heterocycles. The van der Waals surface area contributed by atoms with Gasteiger partial charge in [-0.25, -0.2) is 0 Å². The van der Waals surface area contributed by atoms with Crippen LogP contribution in [0.1, 0.15) is 5.56 Å². The number of fused-ring (bicyclic) bond motifs is 2. The highest BCUT2D eigenvalue weighted by molar-refractivity contribution is 8.05. The molecular formula is C15H12S2. The van der Waals surface area contributed by atoms with E-state index < -0.39 is 0 Å². The molecule has 2 aromatic rings. The van der Waals surface area contributed by atoms with E-state index in [0.29, 0.717) is 0 Å². The Morgan fingerprint density at radius 2 is 1.53 bits per heavy atom. The molecule has 0 spiro atoms. The fraction of sp³-hybridized carbons (Fsp3) is 0.0667. The molecule has 0 fully saturated rings. The molecule has 0 unspecified atom stereocenters. The largest absolute Gasteiger partial charge is 0.103 e. The number of benzene rings is 2. The predicted molar refractivity (Wildman–Crippen MR) is 75.0 cm³/mol. The van der Waals surface area contributed by atoms with Crippen LogP contribution in [-0.2, 0) is 6.42 Å². The van der Waals surface area contributed by atoms with Gasteiger partial charge in [0.25, 0.3) is 0 Å². The van der Waals surface area contributed by atoms with E-state index in [-0.39, 0.29) is 0 Å². The van der Waals surface area contributed by atoms with Crippen LogP contribution < -0.4 is 0 Å². The third-order valence-corrected chi connectivity index (χ3v) is 5.22. The Morgan fingerprint density at radius 1 is 0.882 bits per heavy atom. The Balaban J connectivity index is 2.00. The quantitative estimate of drug-likeness (QED) is 0.590. The van der Waals surface area contributed by atoms with Gasteiger partial charge in [-0.05, 0) is 36.2 Å². The standard InChI is InChI=1S/C15H12S2/c1-2-5-11-8-9-14-15(10-11)17-13-7-4-3-6-12(13)16-14/h2-4,6-10H,1,5H2. The molecular weight excluding hydrogens is 244 g/mol. The van der Waals surface area contributed by atoms with Crippen molar-refractivity contribution in [1.82, 2.24) is 0 Å². The van der Waals surface area contributed by atoms with Crippen molar-refractivity contribution in [2.45, 2.75) is 26.0 Å². The molecule has 0 saturated heterocycles. The number of hydrogen-bond donors (Lipinski definition) is 0. The van der Waals surface area contributed by atoms with Crippen LogP contribution in [0.5, 0.6) is 0 Å². The zero-order valence-corrected chi connectivity index (χ0v) is 11.0. The normalized spacial score (nSPS) is 12.7. The number of rotatable bonds is 2. The molecule has 84 valence electrons. The summed E-state index contributed by atoms with van der Waals surface area (Å²) in [5.41, 5.74) is 1.34. The van der Waals surface area contributed by atoms with E-state index in [1.54, 1.807) is 0 Å². The molecule has 0 aromatic heterocycles. The van der Waals surface area contributed by atoms with Gasteiger partial charge < -0.3 is 0 Å². The molecule has 2 aromatic carbocycles. The van der Waals surface area contributed by atoms with E-state index in [1.807, 2.05) is 29.6 Å². The molecule has 1 aliphatic rings. The van der Waals surface area contributed by atoms with Gasteiger partial charge in [0.05, 0.1) is 0 Å². The topological polar surface area (TPSA) is 0 Å². The highest BCUT2D eigenvalue weighted by Gasteiger charge is 2.16. The molecule has 2 heteroatoms. The Bertz CT molecular complexity index is 573. The molecule has 0 N–H and O–H groups in total. The molecule has 0 aliphatic carbocycles. The summed E-state index contributed by atoms with van der Waals surface area (Å²) in [6.45, 7) is 3.79. The summed E-state index contributed by atoms with van der Waals surface area (Å²) in [6.07, 6.45) is 2.90. The van der Waals surface area contributed by atoms with Gasteiger partial charge in [-0.1, -0.05) is 47.8 Å². The highest BCUT2D eigenvalue weighted by Crippen LogP contribution is 2.48. The van der Waals surface area contributed by atoms with Crippen molar-refractivity contribution in [1.29, 1.82) is 0 Å². The lowest BCUT2D eigenvalue weighted by Gasteiger charge is -2.18. The van der Waals surface area contributed by atoms with Gasteiger partial charge in [-0.2, -0.15) is 0 Å². The maximum Gasteiger partial charge on any atom is 0.0265 e. The lowest BCUT2D eigenvalue weighted by atomic mass is 10.1. The predicted octanol–water partition coefficient (Wildman–Crippen LogP) is 5.03. The molecule has 3 rings (SSSR count). The fourth-order valence-electron chi connectivity index (χ4n) is 1.87. The van der Waals surface area contributed by atoms with Gasteiger partial charge in [0.15, 0.2) is 0 Å². The molecule has 0 atom stereocenters. The monoisotopic (exact) mass is 256 g/mol. The molecule has 0 radical (unpaired) electrons. The van der Waals surface area contributed by atoms with Crippen molar-refractivity contribution in [2.75, 3.05) is 0 Å². The van der Waals surface area contributed by atoms with Crippen LogP contribution in [0.3, 0.4) is 0 Å². The number of allylic oxidation sites excluding steroid dienone is 1. The van der Waals surface area contributed by atoms with Crippen LogP contribution >= 0.6 is 23.5 Å². The molecule has 1 heterocycles. The summed E-state index contributed by atoms with van der Waals surface area (Å²) >= 11 is 3.73. The van der Waals surface area contributed by atoms with Gasteiger partial charge in [0.2, 0.25) is 0 Å². The summed E-state index contributed by atoms with van der Waals surface area (Å²) in [6, 6.07) is 15.3. The molecule has 0 amide bonds. The highest BCUT2D eigenvalue weighted by atomic mass is 32.2. The number of hydrogen-bond acceptors (Lipinski definition) is 2. The maximum absolute atomic E-state index is 3.79. The van der Waals surface area contributed by atoms with Crippen LogP contribution in [0.4, 0.5) is 0 Å². The Kier molecular flexibility index (Phi) is 3.00. The van der Waals surface area contributed by atoms with E-state index in [1.165, 1.54) is 25.1 Å². The zero-order chi connectivity index (χ0) is 11.7. The van der Waals surface area contributed by atoms with Crippen LogP contribution in [-0.4, -0.2) is 0 Å². The van der Waals surface area contributed by atoms with Crippen LogP contribution in [0.25, 0.3) is 0 Å². The summed E-state index contributed by atoms with van der Waals surface area (Å²) in [5, 5.41) is 0. The second kappa shape index (κ2) is 4.63. The summed E-state index contributed by atoms with van der Waals surface area (Å²) < 4.78 is 0. The van der Waals surface area contributed by atoms with Gasteiger partial charge >= 0.3 is 0 Å². The van der Waals surface area contributed by atoms with Gasteiger partial charge in [-0.3, -0.25) is 0 Å². The third-order valence-electron chi connectivity index (χ3n) is 2.68. The van der Waals surface area contributed by atoms with Crippen molar-refractivity contribution in [2.24, 2.45) is 0 Å². The summed E-state index contributed by atoms with van der Waals surface area (Å²) in [5.74, 6) is 0. The minimum atomic E-state index is 0.945. The molecule has 0 saturated carbocycles. The zero-order valence-electron chi connectivity index (χ0n) is 9.35. The van der Waals surface area contributed by atoms with Crippen molar-refractivity contribution < 1.29 is 0 Å². The summed E-state index contributed by atoms with van der Waals surface area (Å²) in [4.78, 5) is 5.46. The maximum atomic E-state index is 3.79. The first-order chi connectivity index (χ1) is 8.36. The van der Waals surface area contributed by atoms with Crippen molar-refractivity contribution in [3.8, 4) is 0 Å². The van der Waals surface area contributed by atoms with Crippen LogP contribution in [0, 0.1) is 0 Å². The van der Waals surface area contributed by atoms with Crippen molar-refractivity contribution >= 4 is 23.5 Å². The van der Waals surface area contributed by atoms with Gasteiger partial charge in [0.1, 0.15) is 0 Å². The minimum absolute atomic E-state index is 0.945. The van der Waals surface area contributed by atoms with Crippen LogP contribution in [0.15, 0.2) is 74.7 Å². The van der Waals surface area contributed by atoms with E-state index in [0.717, 1.165) is 6.42 Å². The second-order valence-electron chi connectivity index (χ2n) is 3.92. The Morgan fingerprint density at radius 3 is 2.24 bits per heavy atom. The van der Waals surface area contributed by atoms with Gasteiger partial charge in [0, 0.05) is 19.6 Å². The SMILES string of the molecule is C=CCc1ccc2c(c1)Sc1ccccc1S2. The second-order valence-corrected chi connectivity index (χ2v) is 6.09. The Hall–Kier alpha value is -1.12. The average molecular weight is 256 g/mol. The molecule has 0 nitrogen and oxygen atoms in total. The lowest BCUT2D eigenvalue weighted by molar-refractivity contribution is 1.12. The van der Waals surface area contributed by atoms with E-state index in [9.17, 15) is 0 Å². The smallest absolute Gasteiger partial charge is 0.0265 e. The lowest BCUT2D eigenvalue weighted by Crippen LogP contribution is -1.91. The van der Waals surface area contributed by atoms with Crippen LogP contribution in [0.2, 0.25) is 0 Å².